The third kappa shape index (κ3) is 1.82. The number of ketones is 1. The number of carbonyl (C=O) groups excluding carboxylic acids is 1. The van der Waals surface area contributed by atoms with Gasteiger partial charge in [0.25, 0.3) is 0 Å². The molecule has 90 valence electrons. The van der Waals surface area contributed by atoms with Crippen LogP contribution in [0.4, 0.5) is 0 Å². The predicted octanol–water partition coefficient (Wildman–Crippen LogP) is 1.59. The van der Waals surface area contributed by atoms with Gasteiger partial charge >= 0.3 is 6.23 Å². The molecule has 1 aromatic heterocycles. The van der Waals surface area contributed by atoms with Gasteiger partial charge in [-0.1, -0.05) is 0 Å². The third-order valence-electron chi connectivity index (χ3n) is 2.82. The highest BCUT2D eigenvalue weighted by atomic mass is 16.7. The Labute approximate surface area is 97.4 Å². The van der Waals surface area contributed by atoms with Crippen LogP contribution >= 0.6 is 0 Å². The number of aromatic nitrogens is 1. The molecule has 1 aliphatic heterocycles. The van der Waals surface area contributed by atoms with Crippen molar-refractivity contribution in [2.24, 2.45) is 0 Å². The molecular weight excluding hydrogens is 224 g/mol. The summed E-state index contributed by atoms with van der Waals surface area (Å²) in [7, 11) is 0. The zero-order valence-electron chi connectivity index (χ0n) is 9.47. The number of hydrogen-bond donors (Lipinski definition) is 1. The van der Waals surface area contributed by atoms with Crippen molar-refractivity contribution in [3.63, 3.8) is 0 Å². The van der Waals surface area contributed by atoms with Gasteiger partial charge in [0, 0.05) is 11.9 Å². The van der Waals surface area contributed by atoms with Crippen LogP contribution in [0.5, 0.6) is 0 Å². The van der Waals surface area contributed by atoms with Crippen molar-refractivity contribution < 1.29 is 14.5 Å². The predicted molar refractivity (Wildman–Crippen MR) is 58.8 cm³/mol. The molecule has 0 bridgehead atoms. The Morgan fingerprint density at radius 3 is 2.76 bits per heavy atom. The van der Waals surface area contributed by atoms with Crippen molar-refractivity contribution in [2.45, 2.75) is 26.0 Å². The lowest BCUT2D eigenvalue weighted by Crippen LogP contribution is -2.27. The van der Waals surface area contributed by atoms with Crippen LogP contribution in [-0.2, 0) is 9.53 Å². The van der Waals surface area contributed by atoms with Gasteiger partial charge in [0.15, 0.2) is 5.78 Å². The van der Waals surface area contributed by atoms with Gasteiger partial charge in [-0.3, -0.25) is 14.9 Å². The van der Waals surface area contributed by atoms with Gasteiger partial charge in [-0.2, -0.15) is 0 Å². The Bertz CT molecular complexity index is 490. The molecular formula is C11H12N2O4. The Hall–Kier alpha value is -2.11. The molecule has 1 aromatic rings. The summed E-state index contributed by atoms with van der Waals surface area (Å²) in [6, 6.07) is 3.45. The van der Waals surface area contributed by atoms with E-state index in [1.54, 1.807) is 25.3 Å². The highest BCUT2D eigenvalue weighted by molar-refractivity contribution is 5.95. The average molecular weight is 236 g/mol. The van der Waals surface area contributed by atoms with E-state index in [0.29, 0.717) is 17.0 Å². The number of allylic oxidation sites excluding steroid dienone is 1. The van der Waals surface area contributed by atoms with Crippen molar-refractivity contribution in [2.75, 3.05) is 0 Å². The zero-order chi connectivity index (χ0) is 12.6. The summed E-state index contributed by atoms with van der Waals surface area (Å²) in [5.74, 6) is -0.525. The molecule has 6 nitrogen and oxygen atoms in total. The molecule has 2 unspecified atom stereocenters. The molecule has 0 spiro atoms. The standard InChI is InChI=1S/C11H12N2O4/c1-6(14)9-7(2)17-11(13(15)16)10(9)8-4-3-5-12-8/h3-5,10-12H,1-2H3. The molecule has 0 saturated carbocycles. The number of carbonyl (C=O) groups is 1. The summed E-state index contributed by atoms with van der Waals surface area (Å²) in [5.41, 5.74) is 0.989. The number of rotatable bonds is 3. The fourth-order valence-corrected chi connectivity index (χ4v) is 2.15. The smallest absolute Gasteiger partial charge is 0.366 e. The minimum Gasteiger partial charge on any atom is -0.434 e. The fraction of sp³-hybridized carbons (Fsp3) is 0.364. The lowest BCUT2D eigenvalue weighted by Gasteiger charge is -2.12. The first-order chi connectivity index (χ1) is 8.02. The Balaban J connectivity index is 2.47. The van der Waals surface area contributed by atoms with E-state index in [2.05, 4.69) is 4.98 Å². The molecule has 0 fully saturated rings. The first-order valence-electron chi connectivity index (χ1n) is 5.17. The number of hydrogen-bond acceptors (Lipinski definition) is 4. The Kier molecular flexibility index (Phi) is 2.71. The Morgan fingerprint density at radius 2 is 2.29 bits per heavy atom. The van der Waals surface area contributed by atoms with Crippen LogP contribution in [0.1, 0.15) is 25.5 Å². The van der Waals surface area contributed by atoms with Gasteiger partial charge < -0.3 is 9.72 Å². The van der Waals surface area contributed by atoms with Crippen LogP contribution in [0.25, 0.3) is 0 Å². The van der Waals surface area contributed by atoms with Crippen LogP contribution in [0.15, 0.2) is 29.7 Å². The minimum atomic E-state index is -1.23. The van der Waals surface area contributed by atoms with Crippen molar-refractivity contribution in [1.82, 2.24) is 4.98 Å². The lowest BCUT2D eigenvalue weighted by atomic mass is 9.92. The number of nitrogens with one attached hydrogen (secondary N) is 1. The maximum atomic E-state index is 11.6. The van der Waals surface area contributed by atoms with E-state index in [4.69, 9.17) is 4.74 Å². The molecule has 0 aromatic carbocycles. The summed E-state index contributed by atoms with van der Waals surface area (Å²) < 4.78 is 5.17. The number of nitro groups is 1. The molecule has 0 saturated heterocycles. The zero-order valence-corrected chi connectivity index (χ0v) is 9.47. The summed E-state index contributed by atoms with van der Waals surface area (Å²) in [5, 5.41) is 10.9. The topological polar surface area (TPSA) is 85.2 Å². The van der Waals surface area contributed by atoms with Gasteiger partial charge in [-0.15, -0.1) is 0 Å². The van der Waals surface area contributed by atoms with Gasteiger partial charge in [-0.25, -0.2) is 0 Å². The number of ether oxygens (including phenoxy) is 1. The molecule has 0 aliphatic carbocycles. The summed E-state index contributed by atoms with van der Waals surface area (Å²) in [6.45, 7) is 2.97. The maximum Gasteiger partial charge on any atom is 0.366 e. The van der Waals surface area contributed by atoms with E-state index >= 15 is 0 Å². The molecule has 1 aliphatic rings. The number of nitrogens with zero attached hydrogens (tertiary/aromatic N) is 1. The van der Waals surface area contributed by atoms with Crippen molar-refractivity contribution in [3.05, 3.63) is 45.5 Å². The van der Waals surface area contributed by atoms with Crippen LogP contribution in [0.3, 0.4) is 0 Å². The first kappa shape index (κ1) is 11.4. The maximum absolute atomic E-state index is 11.6. The molecule has 17 heavy (non-hydrogen) atoms. The molecule has 6 heteroatoms. The van der Waals surface area contributed by atoms with E-state index in [1.807, 2.05) is 0 Å². The van der Waals surface area contributed by atoms with E-state index in [0.717, 1.165) is 0 Å². The van der Waals surface area contributed by atoms with Gasteiger partial charge in [-0.05, 0) is 26.0 Å². The quantitative estimate of drug-likeness (QED) is 0.638. The summed E-state index contributed by atoms with van der Waals surface area (Å²) in [6.07, 6.45) is 0.435. The SMILES string of the molecule is CC(=O)C1=C(C)OC([N+](=O)[O-])C1c1ccc[nH]1. The second kappa shape index (κ2) is 4.04. The first-order valence-corrected chi connectivity index (χ1v) is 5.17. The van der Waals surface area contributed by atoms with Gasteiger partial charge in [0.05, 0.1) is 10.5 Å². The highest BCUT2D eigenvalue weighted by Crippen LogP contribution is 2.38. The molecule has 0 amide bonds. The second-order valence-corrected chi connectivity index (χ2v) is 3.92. The van der Waals surface area contributed by atoms with E-state index in [-0.39, 0.29) is 5.78 Å². The van der Waals surface area contributed by atoms with Crippen LogP contribution in [0, 0.1) is 10.1 Å². The normalized spacial score (nSPS) is 23.6. The summed E-state index contributed by atoms with van der Waals surface area (Å²) >= 11 is 0. The number of H-pyrrole nitrogens is 1. The van der Waals surface area contributed by atoms with E-state index < -0.39 is 17.1 Å². The monoisotopic (exact) mass is 236 g/mol. The van der Waals surface area contributed by atoms with Crippen LogP contribution in [-0.4, -0.2) is 21.9 Å². The van der Waals surface area contributed by atoms with E-state index in [1.165, 1.54) is 6.92 Å². The molecule has 2 heterocycles. The molecule has 0 radical (unpaired) electrons. The Morgan fingerprint density at radius 1 is 1.59 bits per heavy atom. The van der Waals surface area contributed by atoms with Crippen molar-refractivity contribution in [1.29, 1.82) is 0 Å². The lowest BCUT2D eigenvalue weighted by molar-refractivity contribution is -0.570. The largest absolute Gasteiger partial charge is 0.434 e. The van der Waals surface area contributed by atoms with Crippen molar-refractivity contribution in [3.8, 4) is 0 Å². The summed E-state index contributed by atoms with van der Waals surface area (Å²) in [4.78, 5) is 24.9. The third-order valence-corrected chi connectivity index (χ3v) is 2.82. The fourth-order valence-electron chi connectivity index (χ4n) is 2.15. The van der Waals surface area contributed by atoms with E-state index in [9.17, 15) is 14.9 Å². The average Bonchev–Trinajstić information content (AvgIpc) is 2.82. The second-order valence-electron chi connectivity index (χ2n) is 3.92. The van der Waals surface area contributed by atoms with Gasteiger partial charge in [0.1, 0.15) is 11.7 Å². The minimum absolute atomic E-state index is 0.202. The highest BCUT2D eigenvalue weighted by Gasteiger charge is 2.46. The van der Waals surface area contributed by atoms with Gasteiger partial charge in [0.2, 0.25) is 0 Å². The van der Waals surface area contributed by atoms with Crippen LogP contribution < -0.4 is 0 Å². The molecule has 2 atom stereocenters. The number of Topliss-reactive ketones (excluding diaryl/α,β-unsaturated/α-hetero) is 1. The number of aromatic amines is 1. The van der Waals surface area contributed by atoms with Crippen molar-refractivity contribution >= 4 is 5.78 Å². The van der Waals surface area contributed by atoms with Crippen LogP contribution in [0.2, 0.25) is 0 Å². The molecule has 2 rings (SSSR count). The molecule has 1 N–H and O–H groups in total.